The van der Waals surface area contributed by atoms with Crippen LogP contribution in [0, 0.1) is 0 Å². The summed E-state index contributed by atoms with van der Waals surface area (Å²) in [5.41, 5.74) is 4.31. The van der Waals surface area contributed by atoms with Crippen molar-refractivity contribution in [2.24, 2.45) is 0 Å². The van der Waals surface area contributed by atoms with Gasteiger partial charge in [0.2, 0.25) is 0 Å². The topological polar surface area (TPSA) is 8.81 Å². The summed E-state index contributed by atoms with van der Waals surface area (Å²) in [5.74, 6) is 1.98. The second-order valence-electron chi connectivity index (χ2n) is 11.0. The van der Waals surface area contributed by atoms with Crippen LogP contribution in [0.3, 0.4) is 0 Å². The molecule has 1 unspecified atom stereocenters. The van der Waals surface area contributed by atoms with E-state index in [-0.39, 0.29) is 0 Å². The molecule has 1 atom stereocenters. The Balaban J connectivity index is 1.54. The molecule has 1 aromatic heterocycles. The molecule has 2 nitrogen and oxygen atoms in total. The van der Waals surface area contributed by atoms with Gasteiger partial charge in [0.1, 0.15) is 11.9 Å². The molecule has 0 aliphatic heterocycles. The molecule has 2 heteroatoms. The monoisotopic (exact) mass is 501 g/mol. The third-order valence-electron chi connectivity index (χ3n) is 7.95. The van der Waals surface area contributed by atoms with Crippen molar-refractivity contribution in [1.29, 1.82) is 0 Å². The lowest BCUT2D eigenvalue weighted by atomic mass is 9.96. The Morgan fingerprint density at radius 3 is 1.78 bits per heavy atom. The van der Waals surface area contributed by atoms with Crippen LogP contribution in [0.4, 0.5) is 0 Å². The van der Waals surface area contributed by atoms with Crippen LogP contribution in [0.15, 0.2) is 66.9 Å². The molecule has 0 bridgehead atoms. The summed E-state index contributed by atoms with van der Waals surface area (Å²) in [5, 5.41) is 0. The van der Waals surface area contributed by atoms with E-state index in [9.17, 15) is 0 Å². The van der Waals surface area contributed by atoms with Gasteiger partial charge in [-0.15, -0.1) is 0 Å². The lowest BCUT2D eigenvalue weighted by molar-refractivity contribution is -0.704. The number of benzene rings is 2. The number of aryl methyl sites for hydroxylation is 1. The minimum Gasteiger partial charge on any atom is -0.234 e. The molecular weight excluding hydrogens is 448 g/mol. The van der Waals surface area contributed by atoms with Gasteiger partial charge >= 0.3 is 0 Å². The first kappa shape index (κ1) is 29.2. The molecule has 0 fully saturated rings. The number of aromatic nitrogens is 2. The third kappa shape index (κ3) is 10.1. The summed E-state index contributed by atoms with van der Waals surface area (Å²) in [7, 11) is 0. The van der Waals surface area contributed by atoms with Crippen molar-refractivity contribution < 1.29 is 4.57 Å². The largest absolute Gasteiger partial charge is 0.261 e. The molecule has 0 radical (unpaired) electrons. The zero-order chi connectivity index (χ0) is 26.1. The molecule has 202 valence electrons. The summed E-state index contributed by atoms with van der Waals surface area (Å²) in [6.45, 7) is 9.14. The van der Waals surface area contributed by atoms with E-state index >= 15 is 0 Å². The molecule has 37 heavy (non-hydrogen) atoms. The number of hydrogen-bond donors (Lipinski definition) is 0. The van der Waals surface area contributed by atoms with Crippen LogP contribution in [0.5, 0.6) is 0 Å². The summed E-state index contributed by atoms with van der Waals surface area (Å²) in [6.07, 6.45) is 21.4. The highest BCUT2D eigenvalue weighted by Crippen LogP contribution is 2.22. The van der Waals surface area contributed by atoms with Gasteiger partial charge in [-0.25, -0.2) is 9.13 Å². The van der Waals surface area contributed by atoms with Crippen LogP contribution in [-0.4, -0.2) is 4.57 Å². The van der Waals surface area contributed by atoms with Gasteiger partial charge in [0.25, 0.3) is 5.82 Å². The number of nitrogens with zero attached hydrogens (tertiary/aromatic N) is 2. The fourth-order valence-corrected chi connectivity index (χ4v) is 5.70. The average Bonchev–Trinajstić information content (AvgIpc) is 3.25. The molecule has 1 heterocycles. The normalized spacial score (nSPS) is 12.2. The Hall–Kier alpha value is -2.35. The van der Waals surface area contributed by atoms with E-state index in [0.29, 0.717) is 5.92 Å². The molecule has 0 aliphatic carbocycles. The van der Waals surface area contributed by atoms with Crippen LogP contribution in [0.2, 0.25) is 0 Å². The van der Waals surface area contributed by atoms with Crippen molar-refractivity contribution in [3.8, 4) is 0 Å². The van der Waals surface area contributed by atoms with E-state index in [4.69, 9.17) is 0 Å². The first-order valence-corrected chi connectivity index (χ1v) is 15.4. The molecule has 3 rings (SSSR count). The van der Waals surface area contributed by atoms with Crippen molar-refractivity contribution in [2.45, 2.75) is 130 Å². The summed E-state index contributed by atoms with van der Waals surface area (Å²) >= 11 is 0. The predicted molar refractivity (Wildman–Crippen MR) is 159 cm³/mol. The zero-order valence-corrected chi connectivity index (χ0v) is 24.1. The van der Waals surface area contributed by atoms with Gasteiger partial charge in [-0.05, 0) is 36.8 Å². The molecule has 0 saturated carbocycles. The van der Waals surface area contributed by atoms with Gasteiger partial charge in [0.05, 0.1) is 19.5 Å². The molecule has 0 spiro atoms. The van der Waals surface area contributed by atoms with Crippen molar-refractivity contribution in [1.82, 2.24) is 4.57 Å². The van der Waals surface area contributed by atoms with Gasteiger partial charge in [0.15, 0.2) is 0 Å². The maximum absolute atomic E-state index is 2.59. The van der Waals surface area contributed by atoms with E-state index in [0.717, 1.165) is 25.9 Å². The summed E-state index contributed by atoms with van der Waals surface area (Å²) < 4.78 is 5.17. The minimum absolute atomic E-state index is 0.520. The molecule has 0 amide bonds. The first-order valence-electron chi connectivity index (χ1n) is 15.4. The smallest absolute Gasteiger partial charge is 0.234 e. The van der Waals surface area contributed by atoms with Crippen LogP contribution < -0.4 is 4.57 Å². The van der Waals surface area contributed by atoms with E-state index in [1.807, 2.05) is 0 Å². The lowest BCUT2D eigenvalue weighted by Crippen LogP contribution is -2.37. The number of imidazole rings is 1. The molecule has 3 aromatic rings. The Morgan fingerprint density at radius 2 is 1.22 bits per heavy atom. The molecular formula is C35H53N2+. The molecule has 2 aromatic carbocycles. The van der Waals surface area contributed by atoms with Gasteiger partial charge in [0, 0.05) is 6.42 Å². The fourth-order valence-electron chi connectivity index (χ4n) is 5.70. The second kappa shape index (κ2) is 17.2. The Kier molecular flexibility index (Phi) is 13.6. The standard InChI is InChI=1S/C35H53N2/c1-4-6-7-8-9-10-11-12-13-14-15-22-27-36-30-34(28-31(3)33-25-20-17-21-26-33)37(5-2)35(36)29-32-23-18-16-19-24-32/h16-21,23-26,30-31H,4-15,22,27-29H2,1-3H3/q+1. The highest BCUT2D eigenvalue weighted by molar-refractivity contribution is 5.22. The summed E-state index contributed by atoms with van der Waals surface area (Å²) in [6, 6.07) is 22.0. The van der Waals surface area contributed by atoms with Crippen molar-refractivity contribution in [3.05, 3.63) is 89.5 Å². The van der Waals surface area contributed by atoms with Crippen molar-refractivity contribution in [3.63, 3.8) is 0 Å². The molecule has 0 saturated heterocycles. The number of rotatable bonds is 19. The van der Waals surface area contributed by atoms with E-state index in [1.165, 1.54) is 99.7 Å². The van der Waals surface area contributed by atoms with Gasteiger partial charge in [-0.3, -0.25) is 0 Å². The fraction of sp³-hybridized carbons (Fsp3) is 0.571. The first-order chi connectivity index (χ1) is 18.2. The maximum atomic E-state index is 2.59. The molecule has 0 aliphatic rings. The van der Waals surface area contributed by atoms with Crippen molar-refractivity contribution in [2.75, 3.05) is 0 Å². The highest BCUT2D eigenvalue weighted by Gasteiger charge is 2.24. The van der Waals surface area contributed by atoms with Crippen molar-refractivity contribution >= 4 is 0 Å². The van der Waals surface area contributed by atoms with Gasteiger partial charge in [-0.1, -0.05) is 139 Å². The number of unbranched alkanes of at least 4 members (excludes halogenated alkanes) is 11. The van der Waals surface area contributed by atoms with E-state index in [1.54, 1.807) is 0 Å². The van der Waals surface area contributed by atoms with Crippen LogP contribution in [0.1, 0.15) is 126 Å². The third-order valence-corrected chi connectivity index (χ3v) is 7.95. The van der Waals surface area contributed by atoms with Gasteiger partial charge < -0.3 is 0 Å². The quantitative estimate of drug-likeness (QED) is 0.114. The Labute approximate surface area is 228 Å². The highest BCUT2D eigenvalue weighted by atomic mass is 15.2. The van der Waals surface area contributed by atoms with E-state index < -0.39 is 0 Å². The number of hydrogen-bond acceptors (Lipinski definition) is 0. The summed E-state index contributed by atoms with van der Waals surface area (Å²) in [4.78, 5) is 0. The minimum atomic E-state index is 0.520. The second-order valence-corrected chi connectivity index (χ2v) is 11.0. The van der Waals surface area contributed by atoms with Crippen LogP contribution in [-0.2, 0) is 25.9 Å². The zero-order valence-electron chi connectivity index (χ0n) is 24.1. The Morgan fingerprint density at radius 1 is 0.676 bits per heavy atom. The SMILES string of the molecule is CCCCCCCCCCCCCC[n+]1cc(CC(C)c2ccccc2)n(CC)c1Cc1ccccc1. The van der Waals surface area contributed by atoms with Crippen LogP contribution in [0.25, 0.3) is 0 Å². The lowest BCUT2D eigenvalue weighted by Gasteiger charge is -2.11. The van der Waals surface area contributed by atoms with Crippen LogP contribution >= 0.6 is 0 Å². The molecule has 0 N–H and O–H groups in total. The average molecular weight is 502 g/mol. The Bertz CT molecular complexity index is 973. The van der Waals surface area contributed by atoms with Gasteiger partial charge in [-0.2, -0.15) is 0 Å². The maximum Gasteiger partial charge on any atom is 0.261 e. The van der Waals surface area contributed by atoms with E-state index in [2.05, 4.69) is 96.8 Å². The predicted octanol–water partition coefficient (Wildman–Crippen LogP) is 9.43.